The van der Waals surface area contributed by atoms with Crippen LogP contribution in [0.4, 0.5) is 0 Å². The van der Waals surface area contributed by atoms with Crippen LogP contribution in [-0.4, -0.2) is 29.8 Å². The van der Waals surface area contributed by atoms with Gasteiger partial charge in [-0.15, -0.1) is 5.01 Å². The third-order valence-corrected chi connectivity index (χ3v) is 1.16. The van der Waals surface area contributed by atoms with Crippen molar-refractivity contribution in [2.75, 3.05) is 19.7 Å². The maximum absolute atomic E-state index is 8.58. The average molecular weight is 156 g/mol. The van der Waals surface area contributed by atoms with Crippen LogP contribution in [0, 0.1) is 12.0 Å². The monoisotopic (exact) mass is 156 g/mol. The summed E-state index contributed by atoms with van der Waals surface area (Å²) in [6, 6.07) is 0. The van der Waals surface area contributed by atoms with Gasteiger partial charge in [-0.3, -0.25) is 0 Å². The molecule has 0 aromatic heterocycles. The third-order valence-electron chi connectivity index (χ3n) is 1.16. The predicted molar refractivity (Wildman–Crippen MR) is 44.7 cm³/mol. The predicted octanol–water partition coefficient (Wildman–Crippen LogP) is 1.16. The van der Waals surface area contributed by atoms with Crippen molar-refractivity contribution >= 4 is 0 Å². The lowest BCUT2D eigenvalue weighted by Crippen LogP contribution is -2.29. The van der Waals surface area contributed by atoms with Crippen molar-refractivity contribution in [1.29, 1.82) is 0 Å². The Bertz CT molecular complexity index is 143. The molecule has 0 rings (SSSR count). The van der Waals surface area contributed by atoms with E-state index in [0.29, 0.717) is 13.1 Å². The Labute approximate surface area is 68.4 Å². The Hall–Kier alpha value is -0.750. The maximum atomic E-state index is 8.58. The van der Waals surface area contributed by atoms with E-state index in [0.717, 1.165) is 0 Å². The second-order valence-electron chi connectivity index (χ2n) is 3.77. The summed E-state index contributed by atoms with van der Waals surface area (Å²) in [7, 11) is 0. The van der Waals surface area contributed by atoms with Crippen molar-refractivity contribution in [2.45, 2.75) is 20.8 Å². The summed E-state index contributed by atoms with van der Waals surface area (Å²) in [5.74, 6) is 0. The number of hydrogen-bond donors (Lipinski definition) is 1. The van der Waals surface area contributed by atoms with Crippen molar-refractivity contribution < 1.29 is 5.11 Å². The van der Waals surface area contributed by atoms with Gasteiger partial charge in [-0.2, -0.15) is 11.5 Å². The van der Waals surface area contributed by atoms with E-state index in [-0.39, 0.29) is 12.0 Å². The first-order valence-corrected chi connectivity index (χ1v) is 3.73. The quantitative estimate of drug-likeness (QED) is 0.490. The van der Waals surface area contributed by atoms with Crippen LogP contribution in [0.25, 0.3) is 4.95 Å². The largest absolute Gasteiger partial charge is 0.394 e. The zero-order chi connectivity index (χ0) is 8.91. The van der Waals surface area contributed by atoms with E-state index in [1.54, 1.807) is 5.01 Å². The molecule has 3 heteroatoms. The second kappa shape index (κ2) is 4.20. The van der Waals surface area contributed by atoms with Gasteiger partial charge < -0.3 is 5.11 Å². The lowest BCUT2D eigenvalue weighted by atomic mass is 9.97. The molecule has 0 spiro atoms. The molecule has 0 aromatic carbocycles. The van der Waals surface area contributed by atoms with Gasteiger partial charge in [0.15, 0.2) is 0 Å². The van der Waals surface area contributed by atoms with Gasteiger partial charge in [0.05, 0.1) is 13.2 Å². The number of nitrogens with zero attached hydrogens (tertiary/aromatic N) is 2. The molecular formula is C8H16N2O. The van der Waals surface area contributed by atoms with Gasteiger partial charge in [0.1, 0.15) is 6.54 Å². The molecule has 0 unspecified atom stereocenters. The van der Waals surface area contributed by atoms with Gasteiger partial charge in [-0.1, -0.05) is 20.8 Å². The molecule has 0 aliphatic heterocycles. The molecule has 3 nitrogen and oxygen atoms in total. The SMILES string of the molecule is [C-]#[N+]N(CCO)CC(C)(C)C. The van der Waals surface area contributed by atoms with Crippen LogP contribution < -0.4 is 0 Å². The Morgan fingerprint density at radius 1 is 1.45 bits per heavy atom. The lowest BCUT2D eigenvalue weighted by Gasteiger charge is -2.20. The van der Waals surface area contributed by atoms with E-state index in [2.05, 4.69) is 25.7 Å². The van der Waals surface area contributed by atoms with Gasteiger partial charge in [0, 0.05) is 0 Å². The van der Waals surface area contributed by atoms with Gasteiger partial charge in [0.25, 0.3) is 0 Å². The Morgan fingerprint density at radius 2 is 2.00 bits per heavy atom. The van der Waals surface area contributed by atoms with Crippen LogP contribution in [0.3, 0.4) is 0 Å². The standard InChI is InChI=1S/C8H16N2O/c1-8(2,3)7-10(9-4)5-6-11/h11H,5-7H2,1-3H3. The van der Waals surface area contributed by atoms with Crippen LogP contribution in [0.15, 0.2) is 0 Å². The molecule has 0 fully saturated rings. The summed E-state index contributed by atoms with van der Waals surface area (Å²) in [4.78, 5) is 3.29. The third kappa shape index (κ3) is 5.68. The fraction of sp³-hybridized carbons (Fsp3) is 0.875. The van der Waals surface area contributed by atoms with Crippen LogP contribution >= 0.6 is 0 Å². The van der Waals surface area contributed by atoms with E-state index in [1.807, 2.05) is 0 Å². The minimum absolute atomic E-state index is 0.0540. The summed E-state index contributed by atoms with van der Waals surface area (Å²) in [6.45, 7) is 14.2. The lowest BCUT2D eigenvalue weighted by molar-refractivity contribution is 0.194. The molecule has 0 heterocycles. The summed E-state index contributed by atoms with van der Waals surface area (Å²) >= 11 is 0. The van der Waals surface area contributed by atoms with Crippen molar-refractivity contribution in [3.05, 3.63) is 11.5 Å². The maximum Gasteiger partial charge on any atom is 0.109 e. The topological polar surface area (TPSA) is 27.8 Å². The number of hydrogen-bond acceptors (Lipinski definition) is 2. The Morgan fingerprint density at radius 3 is 2.27 bits per heavy atom. The fourth-order valence-electron chi connectivity index (χ4n) is 0.827. The molecule has 0 saturated carbocycles. The number of aliphatic hydroxyl groups is 1. The van der Waals surface area contributed by atoms with E-state index in [4.69, 9.17) is 11.7 Å². The zero-order valence-corrected chi connectivity index (χ0v) is 7.46. The molecule has 1 N–H and O–H groups in total. The highest BCUT2D eigenvalue weighted by Crippen LogP contribution is 2.14. The highest BCUT2D eigenvalue weighted by atomic mass is 16.3. The Kier molecular flexibility index (Phi) is 3.91. The second-order valence-corrected chi connectivity index (χ2v) is 3.77. The fourth-order valence-corrected chi connectivity index (χ4v) is 0.827. The summed E-state index contributed by atoms with van der Waals surface area (Å²) in [5, 5.41) is 10.1. The number of aliphatic hydroxyl groups excluding tert-OH is 1. The summed E-state index contributed by atoms with van der Waals surface area (Å²) in [5.41, 5.74) is 0.125. The Balaban J connectivity index is 3.81. The number of rotatable bonds is 3. The van der Waals surface area contributed by atoms with Crippen molar-refractivity contribution in [1.82, 2.24) is 5.01 Å². The first-order valence-electron chi connectivity index (χ1n) is 3.73. The average Bonchev–Trinajstić information content (AvgIpc) is 1.84. The van der Waals surface area contributed by atoms with E-state index in [1.165, 1.54) is 0 Å². The minimum atomic E-state index is 0.0540. The van der Waals surface area contributed by atoms with Gasteiger partial charge >= 0.3 is 0 Å². The molecule has 0 aliphatic carbocycles. The molecule has 0 atom stereocenters. The normalized spacial score (nSPS) is 10.8. The van der Waals surface area contributed by atoms with E-state index >= 15 is 0 Å². The van der Waals surface area contributed by atoms with Crippen LogP contribution in [-0.2, 0) is 0 Å². The van der Waals surface area contributed by atoms with Crippen LogP contribution in [0.1, 0.15) is 20.8 Å². The van der Waals surface area contributed by atoms with Gasteiger partial charge in [0.2, 0.25) is 0 Å². The molecular weight excluding hydrogens is 140 g/mol. The highest BCUT2D eigenvalue weighted by molar-refractivity contribution is 4.70. The summed E-state index contributed by atoms with van der Waals surface area (Å²) < 4.78 is 0. The molecule has 0 amide bonds. The van der Waals surface area contributed by atoms with Crippen LogP contribution in [0.2, 0.25) is 0 Å². The molecule has 0 aliphatic rings. The zero-order valence-electron chi connectivity index (χ0n) is 7.46. The van der Waals surface area contributed by atoms with Gasteiger partial charge in [-0.25, -0.2) is 0 Å². The smallest absolute Gasteiger partial charge is 0.109 e. The highest BCUT2D eigenvalue weighted by Gasteiger charge is 2.17. The minimum Gasteiger partial charge on any atom is -0.394 e. The van der Waals surface area contributed by atoms with E-state index in [9.17, 15) is 0 Å². The van der Waals surface area contributed by atoms with E-state index < -0.39 is 0 Å². The van der Waals surface area contributed by atoms with Crippen LogP contribution in [0.5, 0.6) is 0 Å². The molecule has 64 valence electrons. The molecule has 0 saturated heterocycles. The van der Waals surface area contributed by atoms with Crippen molar-refractivity contribution in [3.63, 3.8) is 0 Å². The summed E-state index contributed by atoms with van der Waals surface area (Å²) in [6.07, 6.45) is 0. The van der Waals surface area contributed by atoms with Crippen molar-refractivity contribution in [2.24, 2.45) is 5.41 Å². The molecule has 0 radical (unpaired) electrons. The molecule has 0 aromatic rings. The van der Waals surface area contributed by atoms with Crippen molar-refractivity contribution in [3.8, 4) is 0 Å². The molecule has 0 bridgehead atoms. The first-order chi connectivity index (χ1) is 4.99. The first kappa shape index (κ1) is 10.2. The molecule has 11 heavy (non-hydrogen) atoms. The van der Waals surface area contributed by atoms with Gasteiger partial charge in [-0.05, 0) is 5.41 Å².